The van der Waals surface area contributed by atoms with E-state index in [0.29, 0.717) is 40.4 Å². The van der Waals surface area contributed by atoms with Crippen molar-refractivity contribution in [1.29, 1.82) is 5.26 Å². The number of benzene rings is 2. The standard InChI is InChI=1S/C23H22N4O3/c1-13-5-7-15(8-6-13)27-22(25)18(12-24)20(21-23(27)30-14(2)26-21)17-11-16(28-3)9-10-19(17)29-4/h5-11,20H,25H2,1-4H3. The molecule has 3 aromatic rings. The second-order valence-corrected chi connectivity index (χ2v) is 7.05. The Labute approximate surface area is 175 Å². The average molecular weight is 402 g/mol. The summed E-state index contributed by atoms with van der Waals surface area (Å²) >= 11 is 0. The Balaban J connectivity index is 1.98. The van der Waals surface area contributed by atoms with E-state index in [9.17, 15) is 5.26 Å². The van der Waals surface area contributed by atoms with Gasteiger partial charge in [-0.25, -0.2) is 4.98 Å². The summed E-state index contributed by atoms with van der Waals surface area (Å²) in [6.07, 6.45) is 0. The van der Waals surface area contributed by atoms with E-state index in [0.717, 1.165) is 16.8 Å². The first-order valence-electron chi connectivity index (χ1n) is 9.44. The highest BCUT2D eigenvalue weighted by atomic mass is 16.5. The molecular weight excluding hydrogens is 380 g/mol. The Bertz CT molecular complexity index is 1170. The molecule has 0 saturated carbocycles. The van der Waals surface area contributed by atoms with Gasteiger partial charge in [-0.15, -0.1) is 0 Å². The topological polar surface area (TPSA) is 97.5 Å². The molecule has 0 radical (unpaired) electrons. The van der Waals surface area contributed by atoms with E-state index in [1.807, 2.05) is 37.3 Å². The lowest BCUT2D eigenvalue weighted by Gasteiger charge is -2.32. The third-order valence-electron chi connectivity index (χ3n) is 5.18. The number of anilines is 2. The van der Waals surface area contributed by atoms with Crippen molar-refractivity contribution >= 4 is 11.6 Å². The fraction of sp³-hybridized carbons (Fsp3) is 0.217. The lowest BCUT2D eigenvalue weighted by atomic mass is 9.85. The maximum atomic E-state index is 10.1. The van der Waals surface area contributed by atoms with Crippen LogP contribution >= 0.6 is 0 Å². The predicted molar refractivity (Wildman–Crippen MR) is 113 cm³/mol. The summed E-state index contributed by atoms with van der Waals surface area (Å²) in [5, 5.41) is 10.1. The average Bonchev–Trinajstić information content (AvgIpc) is 3.13. The van der Waals surface area contributed by atoms with Crippen LogP contribution in [0.4, 0.5) is 11.6 Å². The highest BCUT2D eigenvalue weighted by Crippen LogP contribution is 2.48. The highest BCUT2D eigenvalue weighted by Gasteiger charge is 2.39. The van der Waals surface area contributed by atoms with Crippen molar-refractivity contribution in [2.45, 2.75) is 19.8 Å². The number of methoxy groups -OCH3 is 2. The number of oxazole rings is 1. The van der Waals surface area contributed by atoms with E-state index < -0.39 is 5.92 Å². The number of nitrogens with zero attached hydrogens (tertiary/aromatic N) is 3. The number of ether oxygens (including phenoxy) is 2. The van der Waals surface area contributed by atoms with Crippen molar-refractivity contribution in [3.05, 3.63) is 76.6 Å². The quantitative estimate of drug-likeness (QED) is 0.695. The normalized spacial score (nSPS) is 15.6. The molecule has 0 saturated heterocycles. The van der Waals surface area contributed by atoms with Crippen molar-refractivity contribution in [3.63, 3.8) is 0 Å². The van der Waals surface area contributed by atoms with Gasteiger partial charge >= 0.3 is 0 Å². The van der Waals surface area contributed by atoms with E-state index in [1.54, 1.807) is 38.2 Å². The van der Waals surface area contributed by atoms with Gasteiger partial charge < -0.3 is 19.6 Å². The van der Waals surface area contributed by atoms with Gasteiger partial charge in [0.2, 0.25) is 5.88 Å². The maximum Gasteiger partial charge on any atom is 0.230 e. The molecule has 2 N–H and O–H groups in total. The third kappa shape index (κ3) is 3.03. The largest absolute Gasteiger partial charge is 0.497 e. The molecular formula is C23H22N4O3. The second-order valence-electron chi connectivity index (χ2n) is 7.05. The molecule has 1 aliphatic rings. The molecule has 1 aliphatic heterocycles. The fourth-order valence-electron chi connectivity index (χ4n) is 3.73. The van der Waals surface area contributed by atoms with Crippen LogP contribution in [0, 0.1) is 25.2 Å². The molecule has 1 unspecified atom stereocenters. The molecule has 0 amide bonds. The van der Waals surface area contributed by atoms with Crippen molar-refractivity contribution in [3.8, 4) is 17.6 Å². The zero-order valence-electron chi connectivity index (χ0n) is 17.3. The van der Waals surface area contributed by atoms with Gasteiger partial charge in [0.15, 0.2) is 5.89 Å². The number of aromatic nitrogens is 1. The van der Waals surface area contributed by atoms with E-state index in [-0.39, 0.29) is 0 Å². The summed E-state index contributed by atoms with van der Waals surface area (Å²) in [6, 6.07) is 15.6. The monoisotopic (exact) mass is 402 g/mol. The summed E-state index contributed by atoms with van der Waals surface area (Å²) in [6.45, 7) is 3.78. The Kier molecular flexibility index (Phi) is 4.84. The van der Waals surface area contributed by atoms with Gasteiger partial charge in [-0.05, 0) is 37.3 Å². The van der Waals surface area contributed by atoms with E-state index >= 15 is 0 Å². The van der Waals surface area contributed by atoms with Gasteiger partial charge in [0, 0.05) is 12.5 Å². The van der Waals surface area contributed by atoms with Gasteiger partial charge in [0.1, 0.15) is 23.0 Å². The predicted octanol–water partition coefficient (Wildman–Crippen LogP) is 4.29. The van der Waals surface area contributed by atoms with Gasteiger partial charge in [-0.2, -0.15) is 5.26 Å². The molecule has 1 atom stereocenters. The van der Waals surface area contributed by atoms with Crippen LogP contribution in [0.2, 0.25) is 0 Å². The van der Waals surface area contributed by atoms with Gasteiger partial charge in [-0.3, -0.25) is 4.90 Å². The minimum absolute atomic E-state index is 0.292. The number of aryl methyl sites for hydroxylation is 2. The summed E-state index contributed by atoms with van der Waals surface area (Å²) in [5.41, 5.74) is 10.1. The van der Waals surface area contributed by atoms with Crippen LogP contribution in [0.3, 0.4) is 0 Å². The lowest BCUT2D eigenvalue weighted by molar-refractivity contribution is 0.398. The maximum absolute atomic E-state index is 10.1. The minimum atomic E-state index is -0.547. The Morgan fingerprint density at radius 1 is 1.10 bits per heavy atom. The van der Waals surface area contributed by atoms with Crippen LogP contribution in [0.1, 0.15) is 28.6 Å². The van der Waals surface area contributed by atoms with Crippen LogP contribution in [0.15, 0.2) is 58.3 Å². The molecule has 152 valence electrons. The third-order valence-corrected chi connectivity index (χ3v) is 5.18. The molecule has 0 bridgehead atoms. The summed E-state index contributed by atoms with van der Waals surface area (Å²) < 4.78 is 16.9. The molecule has 4 rings (SSSR count). The molecule has 0 aliphatic carbocycles. The van der Waals surface area contributed by atoms with Crippen molar-refractivity contribution in [2.75, 3.05) is 19.1 Å². The van der Waals surface area contributed by atoms with E-state index in [2.05, 4.69) is 11.1 Å². The number of hydrogen-bond acceptors (Lipinski definition) is 7. The molecule has 30 heavy (non-hydrogen) atoms. The molecule has 2 heterocycles. The summed E-state index contributed by atoms with van der Waals surface area (Å²) in [7, 11) is 3.17. The van der Waals surface area contributed by atoms with Crippen LogP contribution in [-0.2, 0) is 0 Å². The first kappa shape index (κ1) is 19.4. The lowest BCUT2D eigenvalue weighted by Crippen LogP contribution is -2.31. The van der Waals surface area contributed by atoms with Crippen LogP contribution in [0.5, 0.6) is 11.5 Å². The highest BCUT2D eigenvalue weighted by molar-refractivity contribution is 5.74. The molecule has 7 heteroatoms. The first-order chi connectivity index (χ1) is 14.5. The number of hydrogen-bond donors (Lipinski definition) is 1. The van der Waals surface area contributed by atoms with Crippen LogP contribution in [-0.4, -0.2) is 19.2 Å². The zero-order chi connectivity index (χ0) is 21.4. The summed E-state index contributed by atoms with van der Waals surface area (Å²) in [4.78, 5) is 6.35. The Morgan fingerprint density at radius 3 is 2.47 bits per heavy atom. The number of fused-ring (bicyclic) bond motifs is 1. The van der Waals surface area contributed by atoms with Gasteiger partial charge in [0.25, 0.3) is 0 Å². The molecule has 7 nitrogen and oxygen atoms in total. The number of nitriles is 1. The molecule has 1 aromatic heterocycles. The van der Waals surface area contributed by atoms with Crippen LogP contribution in [0.25, 0.3) is 0 Å². The number of nitrogens with two attached hydrogens (primary N) is 1. The molecule has 0 spiro atoms. The SMILES string of the molecule is COc1ccc(OC)c(C2C(C#N)=C(N)N(c3ccc(C)cc3)c3oc(C)nc32)c1. The van der Waals surface area contributed by atoms with E-state index in [1.165, 1.54) is 0 Å². The molecule has 0 fully saturated rings. The zero-order valence-corrected chi connectivity index (χ0v) is 17.3. The van der Waals surface area contributed by atoms with Crippen molar-refractivity contribution in [2.24, 2.45) is 5.73 Å². The Morgan fingerprint density at radius 2 is 1.83 bits per heavy atom. The van der Waals surface area contributed by atoms with Crippen molar-refractivity contribution in [1.82, 2.24) is 4.98 Å². The minimum Gasteiger partial charge on any atom is -0.497 e. The Hall–Kier alpha value is -3.92. The number of allylic oxidation sites excluding steroid dienone is 1. The van der Waals surface area contributed by atoms with Crippen LogP contribution < -0.4 is 20.1 Å². The van der Waals surface area contributed by atoms with Gasteiger partial charge in [-0.1, -0.05) is 17.7 Å². The first-order valence-corrected chi connectivity index (χ1v) is 9.44. The summed E-state index contributed by atoms with van der Waals surface area (Å²) in [5.74, 6) is 1.97. The fourth-order valence-corrected chi connectivity index (χ4v) is 3.73. The number of rotatable bonds is 4. The van der Waals surface area contributed by atoms with E-state index in [4.69, 9.17) is 19.6 Å². The van der Waals surface area contributed by atoms with Gasteiger partial charge in [0.05, 0.1) is 37.5 Å². The smallest absolute Gasteiger partial charge is 0.230 e. The second kappa shape index (κ2) is 7.48. The molecule has 2 aromatic carbocycles. The van der Waals surface area contributed by atoms with Crippen molar-refractivity contribution < 1.29 is 13.9 Å².